The first-order chi connectivity index (χ1) is 12.4. The van der Waals surface area contributed by atoms with Crippen LogP contribution < -0.4 is 9.47 Å². The van der Waals surface area contributed by atoms with Crippen LogP contribution in [0.25, 0.3) is 11.1 Å². The van der Waals surface area contributed by atoms with Crippen molar-refractivity contribution in [2.75, 3.05) is 25.2 Å². The molecular formula is C20H22O5S. The van der Waals surface area contributed by atoms with E-state index in [-0.39, 0.29) is 5.75 Å². The minimum atomic E-state index is -2.97. The average molecular weight is 374 g/mol. The Morgan fingerprint density at radius 3 is 2.77 bits per heavy atom. The largest absolute Gasteiger partial charge is 0.494 e. The molecule has 0 bridgehead atoms. The molecule has 0 aromatic heterocycles. The second-order valence-corrected chi connectivity index (χ2v) is 8.84. The molecule has 0 atom stereocenters. The van der Waals surface area contributed by atoms with Gasteiger partial charge in [-0.2, -0.15) is 0 Å². The molecular weight excluding hydrogens is 352 g/mol. The number of fused-ring (bicyclic) bond motifs is 3. The Labute approximate surface area is 153 Å². The van der Waals surface area contributed by atoms with Crippen LogP contribution in [0.5, 0.6) is 11.5 Å². The summed E-state index contributed by atoms with van der Waals surface area (Å²) in [6.45, 7) is 2.91. The lowest BCUT2D eigenvalue weighted by atomic mass is 9.92. The van der Waals surface area contributed by atoms with Gasteiger partial charge in [-0.05, 0) is 60.4 Å². The molecule has 1 heterocycles. The Kier molecular flexibility index (Phi) is 5.32. The van der Waals surface area contributed by atoms with Crippen molar-refractivity contribution >= 4 is 16.1 Å². The highest BCUT2D eigenvalue weighted by atomic mass is 32.2. The number of ether oxygens (including phenoxy) is 2. The van der Waals surface area contributed by atoms with Gasteiger partial charge in [0.15, 0.2) is 0 Å². The predicted octanol–water partition coefficient (Wildman–Crippen LogP) is 3.22. The Bertz CT molecular complexity index is 931. The first-order valence-corrected chi connectivity index (χ1v) is 10.6. The molecule has 2 aromatic rings. The van der Waals surface area contributed by atoms with Gasteiger partial charge in [-0.25, -0.2) is 8.42 Å². The standard InChI is InChI=1S/C20H22O5S/c1-14-10-17(24-7-3-9-26(2,22)23)12-16-6-8-25-19-5-4-15(13-21)11-18(19)20(14)16/h4-5,10-13H,3,6-9H2,1-2H3. The molecule has 0 aliphatic carbocycles. The molecule has 3 rings (SSSR count). The molecule has 1 aliphatic heterocycles. The van der Waals surface area contributed by atoms with Crippen molar-refractivity contribution in [3.8, 4) is 22.6 Å². The number of sulfone groups is 1. The van der Waals surface area contributed by atoms with Crippen molar-refractivity contribution in [2.45, 2.75) is 19.8 Å². The number of aldehydes is 1. The molecule has 0 radical (unpaired) electrons. The zero-order chi connectivity index (χ0) is 18.7. The fourth-order valence-corrected chi connectivity index (χ4v) is 3.86. The van der Waals surface area contributed by atoms with Crippen LogP contribution in [0.15, 0.2) is 30.3 Å². The first-order valence-electron chi connectivity index (χ1n) is 8.54. The van der Waals surface area contributed by atoms with E-state index < -0.39 is 9.84 Å². The summed E-state index contributed by atoms with van der Waals surface area (Å²) in [5.74, 6) is 1.62. The number of rotatable bonds is 6. The lowest BCUT2D eigenvalue weighted by molar-refractivity contribution is 0.112. The van der Waals surface area contributed by atoms with Crippen LogP contribution in [0.3, 0.4) is 0 Å². The topological polar surface area (TPSA) is 69.7 Å². The summed E-state index contributed by atoms with van der Waals surface area (Å²) in [6.07, 6.45) is 3.26. The third-order valence-corrected chi connectivity index (χ3v) is 5.39. The van der Waals surface area contributed by atoms with Crippen LogP contribution >= 0.6 is 0 Å². The Hall–Kier alpha value is -2.34. The van der Waals surface area contributed by atoms with E-state index in [1.54, 1.807) is 6.07 Å². The predicted molar refractivity (Wildman–Crippen MR) is 101 cm³/mol. The summed E-state index contributed by atoms with van der Waals surface area (Å²) in [4.78, 5) is 11.1. The number of hydrogen-bond acceptors (Lipinski definition) is 5. The number of carbonyl (C=O) groups excluding carboxylic acids is 1. The van der Waals surface area contributed by atoms with Crippen molar-refractivity contribution in [3.05, 3.63) is 47.0 Å². The van der Waals surface area contributed by atoms with Crippen molar-refractivity contribution < 1.29 is 22.7 Å². The second kappa shape index (κ2) is 7.50. The van der Waals surface area contributed by atoms with Crippen LogP contribution in [0.1, 0.15) is 27.9 Å². The molecule has 26 heavy (non-hydrogen) atoms. The minimum absolute atomic E-state index is 0.118. The minimum Gasteiger partial charge on any atom is -0.494 e. The third kappa shape index (κ3) is 4.25. The molecule has 138 valence electrons. The summed E-state index contributed by atoms with van der Waals surface area (Å²) in [5, 5.41) is 0. The van der Waals surface area contributed by atoms with E-state index in [1.165, 1.54) is 6.26 Å². The molecule has 2 aromatic carbocycles. The average Bonchev–Trinajstić information content (AvgIpc) is 2.76. The van der Waals surface area contributed by atoms with Crippen molar-refractivity contribution in [1.82, 2.24) is 0 Å². The number of benzene rings is 2. The van der Waals surface area contributed by atoms with Gasteiger partial charge in [0.05, 0.1) is 19.0 Å². The maximum absolute atomic E-state index is 11.2. The van der Waals surface area contributed by atoms with Crippen LogP contribution in [0.2, 0.25) is 0 Å². The van der Waals surface area contributed by atoms with E-state index in [4.69, 9.17) is 9.47 Å². The molecule has 0 unspecified atom stereocenters. The summed E-state index contributed by atoms with van der Waals surface area (Å²) in [7, 11) is -2.97. The van der Waals surface area contributed by atoms with Gasteiger partial charge in [-0.1, -0.05) is 0 Å². The molecule has 0 amide bonds. The zero-order valence-electron chi connectivity index (χ0n) is 14.9. The third-order valence-electron chi connectivity index (χ3n) is 4.36. The fraction of sp³-hybridized carbons (Fsp3) is 0.350. The van der Waals surface area contributed by atoms with E-state index in [9.17, 15) is 13.2 Å². The van der Waals surface area contributed by atoms with Crippen LogP contribution in [-0.4, -0.2) is 39.9 Å². The van der Waals surface area contributed by atoms with E-state index in [1.807, 2.05) is 31.2 Å². The van der Waals surface area contributed by atoms with Gasteiger partial charge in [-0.3, -0.25) is 4.79 Å². The van der Waals surface area contributed by atoms with E-state index >= 15 is 0 Å². The lowest BCUT2D eigenvalue weighted by Crippen LogP contribution is -2.08. The smallest absolute Gasteiger partial charge is 0.150 e. The second-order valence-electron chi connectivity index (χ2n) is 6.58. The summed E-state index contributed by atoms with van der Waals surface area (Å²) < 4.78 is 34.0. The van der Waals surface area contributed by atoms with Crippen LogP contribution in [0.4, 0.5) is 0 Å². The summed E-state index contributed by atoms with van der Waals surface area (Å²) in [5.41, 5.74) is 4.74. The number of aryl methyl sites for hydroxylation is 1. The normalized spacial score (nSPS) is 13.2. The first kappa shape index (κ1) is 18.5. The molecule has 0 spiro atoms. The van der Waals surface area contributed by atoms with Gasteiger partial charge in [0.2, 0.25) is 0 Å². The van der Waals surface area contributed by atoms with Gasteiger partial charge >= 0.3 is 0 Å². The number of hydrogen-bond donors (Lipinski definition) is 0. The quantitative estimate of drug-likeness (QED) is 0.574. The van der Waals surface area contributed by atoms with Gasteiger partial charge in [-0.15, -0.1) is 0 Å². The summed E-state index contributed by atoms with van der Waals surface area (Å²) in [6, 6.07) is 9.37. The maximum Gasteiger partial charge on any atom is 0.150 e. The van der Waals surface area contributed by atoms with Crippen LogP contribution in [-0.2, 0) is 16.3 Å². The highest BCUT2D eigenvalue weighted by Gasteiger charge is 2.19. The molecule has 0 fully saturated rings. The SMILES string of the molecule is Cc1cc(OCCCS(C)(=O)=O)cc2c1-c1cc(C=O)ccc1OCC2. The molecule has 0 saturated carbocycles. The van der Waals surface area contributed by atoms with Gasteiger partial charge in [0.1, 0.15) is 27.6 Å². The van der Waals surface area contributed by atoms with Crippen LogP contribution in [0, 0.1) is 6.92 Å². The van der Waals surface area contributed by atoms with Gasteiger partial charge in [0, 0.05) is 23.8 Å². The van der Waals surface area contributed by atoms with E-state index in [2.05, 4.69) is 0 Å². The lowest BCUT2D eigenvalue weighted by Gasteiger charge is -2.15. The van der Waals surface area contributed by atoms with Crippen molar-refractivity contribution in [2.24, 2.45) is 0 Å². The number of carbonyl (C=O) groups is 1. The zero-order valence-corrected chi connectivity index (χ0v) is 15.8. The highest BCUT2D eigenvalue weighted by Crippen LogP contribution is 2.39. The Morgan fingerprint density at radius 2 is 2.04 bits per heavy atom. The van der Waals surface area contributed by atoms with Gasteiger partial charge < -0.3 is 9.47 Å². The Morgan fingerprint density at radius 1 is 1.23 bits per heavy atom. The molecule has 0 N–H and O–H groups in total. The molecule has 0 saturated heterocycles. The van der Waals surface area contributed by atoms with Crippen molar-refractivity contribution in [1.29, 1.82) is 0 Å². The van der Waals surface area contributed by atoms with Crippen molar-refractivity contribution in [3.63, 3.8) is 0 Å². The molecule has 6 heteroatoms. The molecule has 1 aliphatic rings. The molecule has 5 nitrogen and oxygen atoms in total. The summed E-state index contributed by atoms with van der Waals surface area (Å²) >= 11 is 0. The highest BCUT2D eigenvalue weighted by molar-refractivity contribution is 7.90. The monoisotopic (exact) mass is 374 g/mol. The maximum atomic E-state index is 11.2. The Balaban J connectivity index is 1.88. The van der Waals surface area contributed by atoms with E-state index in [0.29, 0.717) is 25.2 Å². The van der Waals surface area contributed by atoms with Gasteiger partial charge in [0.25, 0.3) is 0 Å². The fourth-order valence-electron chi connectivity index (χ4n) is 3.21. The van der Waals surface area contributed by atoms with E-state index in [0.717, 1.165) is 46.5 Å².